The SMILES string of the molecule is CCOC1C[C@@]2(C)C(CCC3C4CCC(C(C)=O)[C@@]4(C)CC(N(C)C)C32)CC1O. The second-order valence-electron chi connectivity index (χ2n) is 11.6. The van der Waals surface area contributed by atoms with Crippen molar-refractivity contribution in [1.29, 1.82) is 0 Å². The third-order valence-corrected chi connectivity index (χ3v) is 10.1. The van der Waals surface area contributed by atoms with Crippen LogP contribution in [0.4, 0.5) is 0 Å². The summed E-state index contributed by atoms with van der Waals surface area (Å²) >= 11 is 0. The Labute approximate surface area is 177 Å². The van der Waals surface area contributed by atoms with E-state index in [1.54, 1.807) is 0 Å². The number of aliphatic hydroxyl groups excluding tert-OH is 1. The zero-order valence-electron chi connectivity index (χ0n) is 19.5. The Hall–Kier alpha value is -0.450. The van der Waals surface area contributed by atoms with E-state index in [4.69, 9.17) is 4.74 Å². The van der Waals surface area contributed by atoms with Crippen molar-refractivity contribution < 1.29 is 14.6 Å². The molecule has 4 fully saturated rings. The molecule has 4 aliphatic rings. The minimum absolute atomic E-state index is 0.0235. The van der Waals surface area contributed by atoms with Crippen molar-refractivity contribution in [2.24, 2.45) is 40.4 Å². The number of fused-ring (bicyclic) bond motifs is 5. The Kier molecular flexibility index (Phi) is 5.71. The van der Waals surface area contributed by atoms with E-state index >= 15 is 0 Å². The molecule has 4 heteroatoms. The maximum absolute atomic E-state index is 12.5. The molecule has 0 aromatic carbocycles. The minimum atomic E-state index is -0.315. The van der Waals surface area contributed by atoms with Gasteiger partial charge in [0, 0.05) is 18.6 Å². The molecule has 4 rings (SSSR count). The van der Waals surface area contributed by atoms with Gasteiger partial charge in [-0.25, -0.2) is 0 Å². The van der Waals surface area contributed by atoms with Gasteiger partial charge in [-0.2, -0.15) is 0 Å². The first-order chi connectivity index (χ1) is 13.6. The number of ether oxygens (including phenoxy) is 1. The van der Waals surface area contributed by atoms with Crippen LogP contribution in [-0.4, -0.2) is 54.7 Å². The van der Waals surface area contributed by atoms with Crippen LogP contribution in [0.2, 0.25) is 0 Å². The molecule has 8 unspecified atom stereocenters. The molecule has 0 aromatic heterocycles. The molecule has 0 radical (unpaired) electrons. The summed E-state index contributed by atoms with van der Waals surface area (Å²) in [6.45, 7) is 9.49. The highest BCUT2D eigenvalue weighted by atomic mass is 16.5. The van der Waals surface area contributed by atoms with Crippen LogP contribution in [0, 0.1) is 40.4 Å². The quantitative estimate of drug-likeness (QED) is 0.763. The van der Waals surface area contributed by atoms with Crippen molar-refractivity contribution in [1.82, 2.24) is 4.90 Å². The molecule has 0 aliphatic heterocycles. The molecule has 0 bridgehead atoms. The van der Waals surface area contributed by atoms with E-state index in [1.165, 1.54) is 19.3 Å². The van der Waals surface area contributed by atoms with E-state index < -0.39 is 0 Å². The maximum atomic E-state index is 12.5. The van der Waals surface area contributed by atoms with E-state index in [0.717, 1.165) is 25.7 Å². The lowest BCUT2D eigenvalue weighted by Crippen LogP contribution is -2.63. The second kappa shape index (κ2) is 7.60. The van der Waals surface area contributed by atoms with Crippen molar-refractivity contribution >= 4 is 5.78 Å². The van der Waals surface area contributed by atoms with Gasteiger partial charge in [0.2, 0.25) is 0 Å². The lowest BCUT2D eigenvalue weighted by Gasteiger charge is -2.65. The van der Waals surface area contributed by atoms with Gasteiger partial charge < -0.3 is 14.7 Å². The Morgan fingerprint density at radius 2 is 1.83 bits per heavy atom. The van der Waals surface area contributed by atoms with E-state index in [9.17, 15) is 9.90 Å². The summed E-state index contributed by atoms with van der Waals surface area (Å²) in [5.74, 6) is 3.24. The predicted octanol–water partition coefficient (Wildman–Crippen LogP) is 4.15. The molecule has 0 spiro atoms. The van der Waals surface area contributed by atoms with Gasteiger partial charge in [-0.05, 0) is 107 Å². The Balaban J connectivity index is 1.71. The average Bonchev–Trinajstić information content (AvgIpc) is 2.99. The second-order valence-corrected chi connectivity index (χ2v) is 11.6. The van der Waals surface area contributed by atoms with Gasteiger partial charge in [0.15, 0.2) is 0 Å². The Bertz CT molecular complexity index is 636. The highest BCUT2D eigenvalue weighted by molar-refractivity contribution is 5.79. The molecule has 0 aromatic rings. The molecule has 0 saturated heterocycles. The summed E-state index contributed by atoms with van der Waals surface area (Å²) < 4.78 is 6.03. The van der Waals surface area contributed by atoms with Gasteiger partial charge in [0.25, 0.3) is 0 Å². The fourth-order valence-corrected chi connectivity index (χ4v) is 8.94. The zero-order valence-corrected chi connectivity index (χ0v) is 19.5. The van der Waals surface area contributed by atoms with Crippen LogP contribution in [-0.2, 0) is 9.53 Å². The van der Waals surface area contributed by atoms with E-state index in [2.05, 4.69) is 32.8 Å². The van der Waals surface area contributed by atoms with Gasteiger partial charge in [-0.3, -0.25) is 4.79 Å². The molecule has 4 nitrogen and oxygen atoms in total. The van der Waals surface area contributed by atoms with Crippen LogP contribution in [0.25, 0.3) is 0 Å². The zero-order chi connectivity index (χ0) is 21.1. The van der Waals surface area contributed by atoms with E-state index in [0.29, 0.717) is 42.1 Å². The standard InChI is InChI=1S/C25H43NO3/c1-7-29-22-14-24(3)16(12-21(22)28)8-9-17-19-11-10-18(15(2)27)25(19,4)13-20(23(17)24)26(5)6/h16-23,28H,7-14H2,1-6H3/t16?,17?,18?,19?,20?,21?,22?,23?,24-,25+/m0/s1. The number of rotatable bonds is 4. The highest BCUT2D eigenvalue weighted by Gasteiger charge is 2.64. The summed E-state index contributed by atoms with van der Waals surface area (Å²) in [4.78, 5) is 15.0. The average molecular weight is 406 g/mol. The molecule has 166 valence electrons. The molecule has 1 N–H and O–H groups in total. The van der Waals surface area contributed by atoms with Crippen LogP contribution in [0.15, 0.2) is 0 Å². The van der Waals surface area contributed by atoms with Crippen molar-refractivity contribution in [3.05, 3.63) is 0 Å². The molecule has 4 aliphatic carbocycles. The summed E-state index contributed by atoms with van der Waals surface area (Å²) in [7, 11) is 4.49. The Morgan fingerprint density at radius 1 is 1.10 bits per heavy atom. The van der Waals surface area contributed by atoms with Crippen molar-refractivity contribution in [2.75, 3.05) is 20.7 Å². The topological polar surface area (TPSA) is 49.8 Å². The van der Waals surface area contributed by atoms with Crippen molar-refractivity contribution in [3.63, 3.8) is 0 Å². The number of carbonyl (C=O) groups excluding carboxylic acids is 1. The molecular weight excluding hydrogens is 362 g/mol. The number of ketones is 1. The third-order valence-electron chi connectivity index (χ3n) is 10.1. The number of carbonyl (C=O) groups is 1. The van der Waals surface area contributed by atoms with Crippen LogP contribution in [0.1, 0.15) is 72.6 Å². The third kappa shape index (κ3) is 3.24. The smallest absolute Gasteiger partial charge is 0.133 e. The van der Waals surface area contributed by atoms with Crippen LogP contribution in [0.5, 0.6) is 0 Å². The summed E-state index contributed by atoms with van der Waals surface area (Å²) in [6, 6.07) is 0.506. The van der Waals surface area contributed by atoms with Gasteiger partial charge in [-0.1, -0.05) is 13.8 Å². The van der Waals surface area contributed by atoms with Crippen LogP contribution < -0.4 is 0 Å². The lowest BCUT2D eigenvalue weighted by atomic mass is 9.43. The number of aliphatic hydroxyl groups is 1. The molecule has 10 atom stereocenters. The fraction of sp³-hybridized carbons (Fsp3) is 0.960. The monoisotopic (exact) mass is 405 g/mol. The van der Waals surface area contributed by atoms with Crippen LogP contribution in [0.3, 0.4) is 0 Å². The van der Waals surface area contributed by atoms with E-state index in [1.807, 2.05) is 13.8 Å². The van der Waals surface area contributed by atoms with Gasteiger partial charge in [0.05, 0.1) is 12.2 Å². The van der Waals surface area contributed by atoms with Crippen molar-refractivity contribution in [2.45, 2.75) is 90.9 Å². The van der Waals surface area contributed by atoms with Crippen LogP contribution >= 0.6 is 0 Å². The first kappa shape index (κ1) is 21.8. The summed E-state index contributed by atoms with van der Waals surface area (Å²) in [5.41, 5.74) is 0.366. The molecule has 29 heavy (non-hydrogen) atoms. The maximum Gasteiger partial charge on any atom is 0.133 e. The summed E-state index contributed by atoms with van der Waals surface area (Å²) in [5, 5.41) is 10.7. The largest absolute Gasteiger partial charge is 0.390 e. The number of nitrogens with zero attached hydrogens (tertiary/aromatic N) is 1. The lowest BCUT2D eigenvalue weighted by molar-refractivity contribution is -0.189. The highest BCUT2D eigenvalue weighted by Crippen LogP contribution is 2.68. The van der Waals surface area contributed by atoms with E-state index in [-0.39, 0.29) is 29.0 Å². The van der Waals surface area contributed by atoms with Gasteiger partial charge in [0.1, 0.15) is 5.78 Å². The first-order valence-electron chi connectivity index (χ1n) is 12.1. The first-order valence-corrected chi connectivity index (χ1v) is 12.1. The number of hydrogen-bond donors (Lipinski definition) is 1. The molecule has 0 amide bonds. The minimum Gasteiger partial charge on any atom is -0.390 e. The molecular formula is C25H43NO3. The van der Waals surface area contributed by atoms with Gasteiger partial charge in [-0.15, -0.1) is 0 Å². The van der Waals surface area contributed by atoms with Gasteiger partial charge >= 0.3 is 0 Å². The number of hydrogen-bond acceptors (Lipinski definition) is 4. The molecule has 0 heterocycles. The molecule has 4 saturated carbocycles. The predicted molar refractivity (Wildman–Crippen MR) is 116 cm³/mol. The summed E-state index contributed by atoms with van der Waals surface area (Å²) in [6.07, 6.45) is 7.48. The normalized spacial score (nSPS) is 52.0. The number of Topliss-reactive ketones (excluding diaryl/α,β-unsaturated/α-hetero) is 1. The fourth-order valence-electron chi connectivity index (χ4n) is 8.94. The van der Waals surface area contributed by atoms with Crippen molar-refractivity contribution in [3.8, 4) is 0 Å². The Morgan fingerprint density at radius 3 is 2.45 bits per heavy atom.